The second-order valence-corrected chi connectivity index (χ2v) is 6.70. The Morgan fingerprint density at radius 3 is 2.40 bits per heavy atom. The fourth-order valence-electron chi connectivity index (χ4n) is 1.98. The topological polar surface area (TPSA) is 12.0 Å². The first-order valence-electron chi connectivity index (χ1n) is 6.70. The molecule has 0 fully saturated rings. The third-order valence-electron chi connectivity index (χ3n) is 3.12. The molecule has 0 bridgehead atoms. The monoisotopic (exact) mass is 303 g/mol. The first-order valence-corrected chi connectivity index (χ1v) is 7.99. The van der Waals surface area contributed by atoms with Crippen molar-refractivity contribution < 1.29 is 1.43 Å². The molecule has 2 aromatic rings. The van der Waals surface area contributed by atoms with E-state index in [1.807, 2.05) is 25.2 Å². The van der Waals surface area contributed by atoms with Crippen molar-refractivity contribution in [3.63, 3.8) is 0 Å². The van der Waals surface area contributed by atoms with Crippen molar-refractivity contribution in [3.05, 3.63) is 71.3 Å². The van der Waals surface area contributed by atoms with E-state index in [1.54, 1.807) is 11.8 Å². The predicted octanol–water partition coefficient (Wildman–Crippen LogP) is 4.82. The number of rotatable bonds is 5. The molecule has 2 rings (SSSR count). The Morgan fingerprint density at radius 2 is 1.80 bits per heavy atom. The predicted molar refractivity (Wildman–Crippen MR) is 95.5 cm³/mol. The van der Waals surface area contributed by atoms with Crippen LogP contribution in [-0.2, 0) is 6.54 Å². The molecule has 1 nitrogen and oxygen atoms in total. The highest BCUT2D eigenvalue weighted by Gasteiger charge is 2.10. The molecule has 0 aliphatic rings. The summed E-state index contributed by atoms with van der Waals surface area (Å²) in [6.45, 7) is 3.11. The van der Waals surface area contributed by atoms with Crippen LogP contribution in [0.4, 0.5) is 0 Å². The third-order valence-corrected chi connectivity index (χ3v) is 4.72. The van der Waals surface area contributed by atoms with E-state index in [9.17, 15) is 0 Å². The fraction of sp³-hybridized carbons (Fsp3) is 0.235. The Balaban J connectivity index is 0.00000220. The molecule has 0 radical (unpaired) electrons. The molecule has 1 unspecified atom stereocenters. The molecule has 0 spiro atoms. The lowest BCUT2D eigenvalue weighted by Gasteiger charge is -2.13. The largest absolute Gasteiger partial charge is 0.316 e. The van der Waals surface area contributed by atoms with Crippen LogP contribution in [0.3, 0.4) is 0 Å². The molecule has 106 valence electrons. The van der Waals surface area contributed by atoms with Crippen LogP contribution < -0.4 is 5.32 Å². The maximum Gasteiger partial charge on any atom is 0.0784 e. The van der Waals surface area contributed by atoms with E-state index >= 15 is 0 Å². The Hall–Kier alpha value is -1.16. The van der Waals surface area contributed by atoms with E-state index in [2.05, 4.69) is 48.6 Å². The average Bonchev–Trinajstić information content (AvgIpc) is 2.49. The molecule has 0 heterocycles. The van der Waals surface area contributed by atoms with Crippen LogP contribution in [-0.4, -0.2) is 11.2 Å². The molecule has 3 heteroatoms. The van der Waals surface area contributed by atoms with Gasteiger partial charge in [-0.2, -0.15) is 0 Å². The van der Waals surface area contributed by atoms with Gasteiger partial charge in [-0.15, -0.1) is 11.8 Å². The zero-order valence-corrected chi connectivity index (χ0v) is 13.4. The van der Waals surface area contributed by atoms with Crippen molar-refractivity contribution in [2.24, 2.45) is 0 Å². The Kier molecular flexibility index (Phi) is 5.77. The average molecular weight is 303 g/mol. The van der Waals surface area contributed by atoms with Crippen molar-refractivity contribution in [2.75, 3.05) is 7.05 Å². The first-order chi connectivity index (χ1) is 9.70. The first kappa shape index (κ1) is 15.2. The highest BCUT2D eigenvalue weighted by atomic mass is 32.2. The summed E-state index contributed by atoms with van der Waals surface area (Å²) in [5.41, 5.74) is 3.75. The molecule has 0 saturated carbocycles. The molecule has 2 aromatic carbocycles. The Morgan fingerprint density at radius 1 is 1.15 bits per heavy atom. The smallest absolute Gasteiger partial charge is 0.0784 e. The second-order valence-electron chi connectivity index (χ2n) is 4.69. The molecular formula is C17H21NS2. The van der Waals surface area contributed by atoms with Gasteiger partial charge in [-0.25, -0.2) is 0 Å². The summed E-state index contributed by atoms with van der Waals surface area (Å²) in [7, 11) is 1.96. The lowest BCUT2D eigenvalue weighted by Crippen LogP contribution is -2.05. The van der Waals surface area contributed by atoms with Crippen LogP contribution in [0.15, 0.2) is 54.6 Å². The second kappa shape index (κ2) is 7.58. The summed E-state index contributed by atoms with van der Waals surface area (Å²) in [6, 6.07) is 18.9. The van der Waals surface area contributed by atoms with Crippen molar-refractivity contribution >= 4 is 28.2 Å². The SMILES string of the molecule is CNCc1ccc(C(C)SC(=S)c2ccccc2)cc1.[HH]. The summed E-state index contributed by atoms with van der Waals surface area (Å²) >= 11 is 7.26. The van der Waals surface area contributed by atoms with Crippen LogP contribution in [0.25, 0.3) is 0 Å². The lowest BCUT2D eigenvalue weighted by molar-refractivity contribution is 0.817. The highest BCUT2D eigenvalue weighted by Crippen LogP contribution is 2.31. The molecule has 0 aliphatic heterocycles. The lowest BCUT2D eigenvalue weighted by atomic mass is 10.1. The summed E-state index contributed by atoms with van der Waals surface area (Å²) in [5, 5.41) is 3.53. The van der Waals surface area contributed by atoms with Gasteiger partial charge in [0.1, 0.15) is 0 Å². The van der Waals surface area contributed by atoms with Crippen LogP contribution in [0.1, 0.15) is 30.3 Å². The maximum atomic E-state index is 5.52. The third kappa shape index (κ3) is 4.17. The minimum atomic E-state index is 0. The van der Waals surface area contributed by atoms with Crippen molar-refractivity contribution in [1.82, 2.24) is 5.32 Å². The van der Waals surface area contributed by atoms with Crippen molar-refractivity contribution in [2.45, 2.75) is 18.7 Å². The van der Waals surface area contributed by atoms with Gasteiger partial charge in [-0.1, -0.05) is 66.8 Å². The zero-order valence-electron chi connectivity index (χ0n) is 11.8. The van der Waals surface area contributed by atoms with E-state index in [0.29, 0.717) is 5.25 Å². The minimum Gasteiger partial charge on any atom is -0.316 e. The highest BCUT2D eigenvalue weighted by molar-refractivity contribution is 8.23. The van der Waals surface area contributed by atoms with Crippen LogP contribution in [0.2, 0.25) is 0 Å². The standard InChI is InChI=1S/C17H19NS2.H2/c1-13(15-10-8-14(9-11-15)12-18-2)20-17(19)16-6-4-3-5-7-16;/h3-11,13,18H,12H2,1-2H3;1H. The molecule has 1 atom stereocenters. The van der Waals surface area contributed by atoms with Gasteiger partial charge in [0.15, 0.2) is 0 Å². The van der Waals surface area contributed by atoms with E-state index in [0.717, 1.165) is 16.3 Å². The summed E-state index contributed by atoms with van der Waals surface area (Å²) in [4.78, 5) is 0. The number of nitrogens with one attached hydrogen (secondary N) is 1. The zero-order chi connectivity index (χ0) is 14.4. The van der Waals surface area contributed by atoms with Crippen LogP contribution in [0, 0.1) is 0 Å². The van der Waals surface area contributed by atoms with Gasteiger partial charge < -0.3 is 5.32 Å². The van der Waals surface area contributed by atoms with E-state index in [4.69, 9.17) is 12.2 Å². The summed E-state index contributed by atoms with van der Waals surface area (Å²) in [5.74, 6) is 0. The van der Waals surface area contributed by atoms with Gasteiger partial charge in [-0.05, 0) is 30.7 Å². The number of hydrogen-bond acceptors (Lipinski definition) is 3. The minimum absolute atomic E-state index is 0. The van der Waals surface area contributed by atoms with Gasteiger partial charge >= 0.3 is 0 Å². The maximum absolute atomic E-state index is 5.52. The molecule has 0 aliphatic carbocycles. The van der Waals surface area contributed by atoms with Gasteiger partial charge in [-0.3, -0.25) is 0 Å². The molecule has 20 heavy (non-hydrogen) atoms. The van der Waals surface area contributed by atoms with Crippen molar-refractivity contribution in [3.8, 4) is 0 Å². The Bertz CT molecular complexity index is 555. The molecule has 1 N–H and O–H groups in total. The molecule has 0 saturated heterocycles. The molecule has 0 aromatic heterocycles. The number of thiocarbonyl (C=S) groups is 1. The Labute approximate surface area is 132 Å². The van der Waals surface area contributed by atoms with Crippen molar-refractivity contribution in [1.29, 1.82) is 0 Å². The van der Waals surface area contributed by atoms with Gasteiger partial charge in [0, 0.05) is 13.2 Å². The number of hydrogen-bond donors (Lipinski definition) is 1. The normalized spacial score (nSPS) is 12.1. The van der Waals surface area contributed by atoms with Crippen LogP contribution in [0.5, 0.6) is 0 Å². The van der Waals surface area contributed by atoms with E-state index in [1.165, 1.54) is 11.1 Å². The van der Waals surface area contributed by atoms with Gasteiger partial charge in [0.05, 0.1) is 4.20 Å². The summed E-state index contributed by atoms with van der Waals surface area (Å²) < 4.78 is 0.956. The number of thioether (sulfide) groups is 1. The van der Waals surface area contributed by atoms with Gasteiger partial charge in [0.25, 0.3) is 0 Å². The molecular weight excluding hydrogens is 282 g/mol. The van der Waals surface area contributed by atoms with E-state index < -0.39 is 0 Å². The fourth-order valence-corrected chi connectivity index (χ4v) is 3.44. The quantitative estimate of drug-likeness (QED) is 0.795. The number of benzene rings is 2. The van der Waals surface area contributed by atoms with Crippen LogP contribution >= 0.6 is 24.0 Å². The van der Waals surface area contributed by atoms with Gasteiger partial charge in [0.2, 0.25) is 0 Å². The van der Waals surface area contributed by atoms with E-state index in [-0.39, 0.29) is 1.43 Å². The molecule has 0 amide bonds. The summed E-state index contributed by atoms with van der Waals surface area (Å²) in [6.07, 6.45) is 0.